The summed E-state index contributed by atoms with van der Waals surface area (Å²) in [4.78, 5) is 17.7. The van der Waals surface area contributed by atoms with Crippen LogP contribution < -0.4 is 10.3 Å². The first kappa shape index (κ1) is 13.6. The Labute approximate surface area is 113 Å². The molecule has 19 heavy (non-hydrogen) atoms. The Hall–Kier alpha value is -1.83. The van der Waals surface area contributed by atoms with Crippen LogP contribution in [0.2, 0.25) is 0 Å². The zero-order valence-electron chi connectivity index (χ0n) is 9.16. The number of aromatic nitrogens is 2. The molecule has 0 aliphatic heterocycles. The van der Waals surface area contributed by atoms with Gasteiger partial charge in [-0.2, -0.15) is 0 Å². The lowest BCUT2D eigenvalue weighted by Gasteiger charge is -2.09. The molecule has 0 unspecified atom stereocenters. The van der Waals surface area contributed by atoms with Crippen LogP contribution in [0, 0.1) is 0 Å². The van der Waals surface area contributed by atoms with Crippen LogP contribution in [-0.2, 0) is 0 Å². The van der Waals surface area contributed by atoms with E-state index < -0.39 is 11.9 Å². The topological polar surface area (TPSA) is 55.0 Å². The van der Waals surface area contributed by atoms with E-state index in [1.54, 1.807) is 0 Å². The number of benzene rings is 1. The Bertz CT molecular complexity index is 655. The number of alkyl halides is 3. The Morgan fingerprint density at radius 3 is 2.68 bits per heavy atom. The summed E-state index contributed by atoms with van der Waals surface area (Å²) in [5, 5.41) is 0. The molecule has 1 heterocycles. The van der Waals surface area contributed by atoms with Crippen LogP contribution in [-0.4, -0.2) is 16.3 Å². The molecule has 0 fully saturated rings. The minimum absolute atomic E-state index is 0.154. The lowest BCUT2D eigenvalue weighted by molar-refractivity contribution is -0.274. The fraction of sp³-hybridized carbons (Fsp3) is 0.0909. The van der Waals surface area contributed by atoms with Gasteiger partial charge in [-0.15, -0.1) is 13.2 Å². The van der Waals surface area contributed by atoms with Gasteiger partial charge in [0.25, 0.3) is 5.56 Å². The Morgan fingerprint density at radius 1 is 1.32 bits per heavy atom. The Morgan fingerprint density at radius 2 is 2.05 bits per heavy atom. The first-order chi connectivity index (χ1) is 8.85. The molecule has 100 valence electrons. The van der Waals surface area contributed by atoms with Gasteiger partial charge in [0.05, 0.1) is 0 Å². The normalized spacial score (nSPS) is 11.4. The van der Waals surface area contributed by atoms with Gasteiger partial charge in [-0.3, -0.25) is 4.79 Å². The third-order valence-corrected chi connectivity index (χ3v) is 2.66. The van der Waals surface area contributed by atoms with Gasteiger partial charge < -0.3 is 9.72 Å². The number of aromatic amines is 1. The lowest BCUT2D eigenvalue weighted by atomic mass is 10.2. The molecule has 0 spiro atoms. The van der Waals surface area contributed by atoms with E-state index in [2.05, 4.69) is 30.6 Å². The molecule has 2 rings (SSSR count). The molecule has 2 aromatic rings. The summed E-state index contributed by atoms with van der Waals surface area (Å²) in [5.74, 6) is -0.226. The number of H-pyrrole nitrogens is 1. The van der Waals surface area contributed by atoms with E-state index >= 15 is 0 Å². The predicted molar refractivity (Wildman–Crippen MR) is 64.7 cm³/mol. The monoisotopic (exact) mass is 334 g/mol. The third-order valence-electron chi connectivity index (χ3n) is 2.10. The predicted octanol–water partition coefficient (Wildman–Crippen LogP) is 3.10. The van der Waals surface area contributed by atoms with E-state index in [1.165, 1.54) is 18.3 Å². The number of nitrogens with zero attached hydrogens (tertiary/aromatic N) is 1. The molecule has 4 nitrogen and oxygen atoms in total. The molecular formula is C11H6BrF3N2O2. The fourth-order valence-corrected chi connectivity index (χ4v) is 1.57. The van der Waals surface area contributed by atoms with Gasteiger partial charge in [0, 0.05) is 11.8 Å². The second-order valence-electron chi connectivity index (χ2n) is 3.48. The van der Waals surface area contributed by atoms with Gasteiger partial charge >= 0.3 is 6.36 Å². The van der Waals surface area contributed by atoms with E-state index in [0.717, 1.165) is 12.1 Å². The van der Waals surface area contributed by atoms with Gasteiger partial charge in [0.2, 0.25) is 0 Å². The SMILES string of the molecule is O=c1[nH]c(-c2cccc(OC(F)(F)F)c2)ncc1Br. The molecule has 0 bridgehead atoms. The average Bonchev–Trinajstić information content (AvgIpc) is 2.31. The highest BCUT2D eigenvalue weighted by Crippen LogP contribution is 2.26. The third kappa shape index (κ3) is 3.57. The molecule has 0 amide bonds. The van der Waals surface area contributed by atoms with Gasteiger partial charge in [-0.1, -0.05) is 12.1 Å². The largest absolute Gasteiger partial charge is 0.573 e. The molecule has 0 aliphatic rings. The van der Waals surface area contributed by atoms with Gasteiger partial charge in [-0.25, -0.2) is 4.98 Å². The minimum atomic E-state index is -4.76. The molecule has 1 aromatic carbocycles. The summed E-state index contributed by atoms with van der Waals surface area (Å²) in [6, 6.07) is 5.18. The smallest absolute Gasteiger partial charge is 0.406 e. The quantitative estimate of drug-likeness (QED) is 0.918. The molecule has 0 saturated heterocycles. The van der Waals surface area contributed by atoms with Crippen LogP contribution in [0.25, 0.3) is 11.4 Å². The zero-order valence-corrected chi connectivity index (χ0v) is 10.7. The molecule has 0 atom stereocenters. The Kier molecular flexibility index (Phi) is 3.61. The maximum absolute atomic E-state index is 12.1. The number of hydrogen-bond donors (Lipinski definition) is 1. The summed E-state index contributed by atoms with van der Waals surface area (Å²) in [6.07, 6.45) is -3.50. The van der Waals surface area contributed by atoms with E-state index in [4.69, 9.17) is 0 Å². The fourth-order valence-electron chi connectivity index (χ4n) is 1.37. The minimum Gasteiger partial charge on any atom is -0.406 e. The molecule has 0 aliphatic carbocycles. The first-order valence-electron chi connectivity index (χ1n) is 4.96. The van der Waals surface area contributed by atoms with Crippen molar-refractivity contribution in [3.63, 3.8) is 0 Å². The van der Waals surface area contributed by atoms with Crippen molar-refractivity contribution in [1.82, 2.24) is 9.97 Å². The Balaban J connectivity index is 2.37. The van der Waals surface area contributed by atoms with Crippen LogP contribution in [0.3, 0.4) is 0 Å². The van der Waals surface area contributed by atoms with Crippen LogP contribution in [0.5, 0.6) is 5.75 Å². The van der Waals surface area contributed by atoms with Crippen LogP contribution in [0.15, 0.2) is 39.7 Å². The summed E-state index contributed by atoms with van der Waals surface area (Å²) in [7, 11) is 0. The summed E-state index contributed by atoms with van der Waals surface area (Å²) >= 11 is 2.98. The molecule has 1 N–H and O–H groups in total. The second-order valence-corrected chi connectivity index (χ2v) is 4.34. The van der Waals surface area contributed by atoms with Gasteiger partial charge in [0.1, 0.15) is 16.0 Å². The molecule has 0 radical (unpaired) electrons. The highest BCUT2D eigenvalue weighted by atomic mass is 79.9. The summed E-state index contributed by atoms with van der Waals surface area (Å²) < 4.78 is 40.3. The number of rotatable bonds is 2. The number of nitrogens with one attached hydrogen (secondary N) is 1. The molecular weight excluding hydrogens is 329 g/mol. The van der Waals surface area contributed by atoms with Crippen LogP contribution in [0.1, 0.15) is 0 Å². The van der Waals surface area contributed by atoms with Crippen molar-refractivity contribution in [2.45, 2.75) is 6.36 Å². The maximum atomic E-state index is 12.1. The van der Waals surface area contributed by atoms with Crippen molar-refractivity contribution >= 4 is 15.9 Å². The first-order valence-corrected chi connectivity index (χ1v) is 5.75. The van der Waals surface area contributed by atoms with Gasteiger partial charge in [0.15, 0.2) is 0 Å². The van der Waals surface area contributed by atoms with Crippen LogP contribution >= 0.6 is 15.9 Å². The molecule has 0 saturated carbocycles. The lowest BCUT2D eigenvalue weighted by Crippen LogP contribution is -2.17. The maximum Gasteiger partial charge on any atom is 0.573 e. The summed E-state index contributed by atoms with van der Waals surface area (Å²) in [6.45, 7) is 0. The van der Waals surface area contributed by atoms with Crippen molar-refractivity contribution < 1.29 is 17.9 Å². The number of hydrogen-bond acceptors (Lipinski definition) is 3. The number of halogens is 4. The standard InChI is InChI=1S/C11H6BrF3N2O2/c12-8-5-16-9(17-10(8)18)6-2-1-3-7(4-6)19-11(13,14)15/h1-5H,(H,16,17,18). The second kappa shape index (κ2) is 5.04. The van der Waals surface area contributed by atoms with Gasteiger partial charge in [-0.05, 0) is 28.1 Å². The van der Waals surface area contributed by atoms with E-state index in [0.29, 0.717) is 5.56 Å². The highest BCUT2D eigenvalue weighted by Gasteiger charge is 2.31. The van der Waals surface area contributed by atoms with Crippen molar-refractivity contribution in [3.8, 4) is 17.1 Å². The van der Waals surface area contributed by atoms with E-state index in [1.807, 2.05) is 0 Å². The molecule has 8 heteroatoms. The summed E-state index contributed by atoms with van der Waals surface area (Å²) in [5.41, 5.74) is -0.113. The van der Waals surface area contributed by atoms with E-state index in [-0.39, 0.29) is 16.0 Å². The number of ether oxygens (including phenoxy) is 1. The van der Waals surface area contributed by atoms with Crippen molar-refractivity contribution in [1.29, 1.82) is 0 Å². The highest BCUT2D eigenvalue weighted by molar-refractivity contribution is 9.10. The zero-order chi connectivity index (χ0) is 14.0. The van der Waals surface area contributed by atoms with Crippen molar-refractivity contribution in [3.05, 3.63) is 45.3 Å². The van der Waals surface area contributed by atoms with Crippen molar-refractivity contribution in [2.75, 3.05) is 0 Å². The molecule has 1 aromatic heterocycles. The van der Waals surface area contributed by atoms with E-state index in [9.17, 15) is 18.0 Å². The van der Waals surface area contributed by atoms with Crippen molar-refractivity contribution in [2.24, 2.45) is 0 Å². The van der Waals surface area contributed by atoms with Crippen LogP contribution in [0.4, 0.5) is 13.2 Å². The average molecular weight is 335 g/mol.